The highest BCUT2D eigenvalue weighted by molar-refractivity contribution is 7.91. The fourth-order valence-corrected chi connectivity index (χ4v) is 3.90. The fourth-order valence-electron chi connectivity index (χ4n) is 2.42. The number of sulfone groups is 1. The number of hydrogen-bond acceptors (Lipinski definition) is 6. The number of rotatable bonds is 3. The summed E-state index contributed by atoms with van der Waals surface area (Å²) in [4.78, 5) is 35.9. The van der Waals surface area contributed by atoms with Gasteiger partial charge in [-0.3, -0.25) is 10.1 Å². The number of carboxylic acid groups (broad SMARTS) is 1. The normalized spacial score (nSPS) is 11.4. The molecule has 0 aliphatic carbocycles. The van der Waals surface area contributed by atoms with Gasteiger partial charge in [0.05, 0.1) is 20.7 Å². The van der Waals surface area contributed by atoms with Crippen LogP contribution in [0.25, 0.3) is 10.9 Å². The van der Waals surface area contributed by atoms with Crippen molar-refractivity contribution in [2.24, 2.45) is 0 Å². The molecule has 10 nitrogen and oxygen atoms in total. The number of para-hydroxylation sites is 1. The van der Waals surface area contributed by atoms with Crippen molar-refractivity contribution in [2.45, 2.75) is 9.79 Å². The van der Waals surface area contributed by atoms with Crippen LogP contribution in [0.3, 0.4) is 0 Å². The Balaban J connectivity index is 2.28. The van der Waals surface area contributed by atoms with Crippen LogP contribution in [-0.2, 0) is 9.84 Å². The summed E-state index contributed by atoms with van der Waals surface area (Å²) in [6, 6.07) is 8.78. The van der Waals surface area contributed by atoms with E-state index in [0.29, 0.717) is 0 Å². The Morgan fingerprint density at radius 2 is 1.81 bits per heavy atom. The van der Waals surface area contributed by atoms with Gasteiger partial charge in [-0.15, -0.1) is 0 Å². The molecule has 1 heterocycles. The lowest BCUT2D eigenvalue weighted by Crippen LogP contribution is -2.33. The molecule has 0 saturated carbocycles. The maximum atomic E-state index is 12.9. The Kier molecular flexibility index (Phi) is 4.00. The zero-order chi connectivity index (χ0) is 19.1. The first kappa shape index (κ1) is 17.2. The highest BCUT2D eigenvalue weighted by Crippen LogP contribution is 2.27. The molecule has 1 amide bonds. The molecule has 134 valence electrons. The number of aromatic amines is 1. The van der Waals surface area contributed by atoms with Crippen molar-refractivity contribution >= 4 is 32.5 Å². The van der Waals surface area contributed by atoms with E-state index in [1.54, 1.807) is 0 Å². The summed E-state index contributed by atoms with van der Waals surface area (Å²) in [6.07, 6.45) is -1.36. The fraction of sp³-hybridized carbons (Fsp3) is 0. The van der Waals surface area contributed by atoms with Gasteiger partial charge >= 0.3 is 11.8 Å². The third kappa shape index (κ3) is 2.80. The molecule has 0 atom stereocenters. The average molecular weight is 377 g/mol. The van der Waals surface area contributed by atoms with Crippen LogP contribution >= 0.6 is 0 Å². The van der Waals surface area contributed by atoms with Gasteiger partial charge in [0, 0.05) is 5.69 Å². The zero-order valence-corrected chi connectivity index (χ0v) is 13.6. The molecule has 0 bridgehead atoms. The Bertz CT molecular complexity index is 1260. The van der Waals surface area contributed by atoms with Gasteiger partial charge in [-0.25, -0.2) is 18.0 Å². The highest BCUT2D eigenvalue weighted by atomic mass is 32.2. The maximum Gasteiger partial charge on any atom is 0.409 e. The number of nitrogens with one attached hydrogen (secondary N) is 2. The number of fused-ring (bicyclic) bond motifs is 1. The molecular formula is C15H11N3O7S. The minimum absolute atomic E-state index is 0.0324. The molecule has 2 aromatic carbocycles. The third-order valence-corrected chi connectivity index (χ3v) is 5.35. The molecule has 26 heavy (non-hydrogen) atoms. The number of benzene rings is 2. The largest absolute Gasteiger partial charge is 0.465 e. The van der Waals surface area contributed by atoms with Gasteiger partial charge < -0.3 is 15.3 Å². The monoisotopic (exact) mass is 377 g/mol. The predicted molar refractivity (Wildman–Crippen MR) is 89.6 cm³/mol. The smallest absolute Gasteiger partial charge is 0.409 e. The second-order valence-electron chi connectivity index (χ2n) is 5.19. The minimum atomic E-state index is -4.20. The van der Waals surface area contributed by atoms with E-state index in [9.17, 15) is 28.0 Å². The number of hydrogen-bond donors (Lipinski definition) is 4. The molecule has 0 spiro atoms. The zero-order valence-electron chi connectivity index (χ0n) is 12.8. The van der Waals surface area contributed by atoms with Crippen molar-refractivity contribution in [1.29, 1.82) is 0 Å². The summed E-state index contributed by atoms with van der Waals surface area (Å²) in [6.45, 7) is 0. The Hall–Kier alpha value is -3.60. The molecule has 0 aliphatic rings. The van der Waals surface area contributed by atoms with Crippen LogP contribution in [0, 0.1) is 0 Å². The number of H-pyrrole nitrogens is 1. The quantitative estimate of drug-likeness (QED) is 0.492. The van der Waals surface area contributed by atoms with E-state index in [1.165, 1.54) is 36.4 Å². The molecule has 3 aromatic rings. The Labute approximate surface area is 144 Å². The van der Waals surface area contributed by atoms with E-state index in [4.69, 9.17) is 5.11 Å². The number of carbonyl (C=O) groups is 1. The van der Waals surface area contributed by atoms with Crippen molar-refractivity contribution in [1.82, 2.24) is 9.71 Å². The third-order valence-electron chi connectivity index (χ3n) is 3.56. The Morgan fingerprint density at radius 3 is 2.50 bits per heavy atom. The van der Waals surface area contributed by atoms with E-state index >= 15 is 0 Å². The van der Waals surface area contributed by atoms with Crippen LogP contribution in [0.15, 0.2) is 61.8 Å². The van der Waals surface area contributed by atoms with Crippen LogP contribution in [0.1, 0.15) is 0 Å². The topological polar surface area (TPSA) is 159 Å². The second kappa shape index (κ2) is 6.04. The second-order valence-corrected chi connectivity index (χ2v) is 7.11. The van der Waals surface area contributed by atoms with Crippen molar-refractivity contribution in [3.63, 3.8) is 0 Å². The summed E-state index contributed by atoms with van der Waals surface area (Å²) in [5, 5.41) is 20.0. The number of anilines is 1. The number of amides is 1. The van der Waals surface area contributed by atoms with Crippen LogP contribution in [0.4, 0.5) is 10.5 Å². The molecule has 1 aromatic heterocycles. The number of aromatic nitrogens is 2. The lowest BCUT2D eigenvalue weighted by molar-refractivity contribution is 0.162. The van der Waals surface area contributed by atoms with E-state index in [-0.39, 0.29) is 31.1 Å². The molecular weight excluding hydrogens is 366 g/mol. The lowest BCUT2D eigenvalue weighted by Gasteiger charge is -2.09. The molecule has 3 rings (SSSR count). The SMILES string of the molecule is O=C(O)Nc1cccc(S(=O)(=O)c2cccc3c(=O)n(O)c(=O)[nH]c23)c1. The van der Waals surface area contributed by atoms with Gasteiger partial charge in [0.1, 0.15) is 0 Å². The molecule has 0 radical (unpaired) electrons. The first-order valence-corrected chi connectivity index (χ1v) is 8.52. The van der Waals surface area contributed by atoms with E-state index in [0.717, 1.165) is 6.07 Å². The van der Waals surface area contributed by atoms with Crippen LogP contribution in [-0.4, -0.2) is 34.5 Å². The van der Waals surface area contributed by atoms with Gasteiger partial charge in [0.15, 0.2) is 0 Å². The van der Waals surface area contributed by atoms with Crippen molar-refractivity contribution in [3.05, 3.63) is 63.3 Å². The van der Waals surface area contributed by atoms with E-state index in [2.05, 4.69) is 4.98 Å². The molecule has 0 unspecified atom stereocenters. The van der Waals surface area contributed by atoms with E-state index < -0.39 is 27.2 Å². The summed E-state index contributed by atoms with van der Waals surface area (Å²) >= 11 is 0. The van der Waals surface area contributed by atoms with Gasteiger partial charge in [-0.05, 0) is 30.3 Å². The first-order chi connectivity index (χ1) is 12.2. The molecule has 4 N–H and O–H groups in total. The number of nitrogens with zero attached hydrogens (tertiary/aromatic N) is 1. The van der Waals surface area contributed by atoms with E-state index in [1.807, 2.05) is 5.32 Å². The van der Waals surface area contributed by atoms with Crippen LogP contribution in [0.5, 0.6) is 0 Å². The molecule has 0 fully saturated rings. The van der Waals surface area contributed by atoms with Crippen molar-refractivity contribution in [2.75, 3.05) is 5.32 Å². The average Bonchev–Trinajstić information content (AvgIpc) is 2.59. The molecule has 0 saturated heterocycles. The highest BCUT2D eigenvalue weighted by Gasteiger charge is 2.23. The van der Waals surface area contributed by atoms with Crippen LogP contribution < -0.4 is 16.6 Å². The van der Waals surface area contributed by atoms with Gasteiger partial charge in [-0.1, -0.05) is 16.9 Å². The Morgan fingerprint density at radius 1 is 1.12 bits per heavy atom. The van der Waals surface area contributed by atoms with Crippen molar-refractivity contribution < 1.29 is 23.5 Å². The molecule has 0 aliphatic heterocycles. The minimum Gasteiger partial charge on any atom is -0.465 e. The van der Waals surface area contributed by atoms with Gasteiger partial charge in [0.2, 0.25) is 9.84 Å². The first-order valence-electron chi connectivity index (χ1n) is 7.04. The van der Waals surface area contributed by atoms with Crippen LogP contribution in [0.2, 0.25) is 0 Å². The molecule has 11 heteroatoms. The lowest BCUT2D eigenvalue weighted by atomic mass is 10.2. The summed E-state index contributed by atoms with van der Waals surface area (Å²) in [7, 11) is -4.20. The maximum absolute atomic E-state index is 12.9. The summed E-state index contributed by atoms with van der Waals surface area (Å²) in [5.74, 6) is 0. The standard InChI is InChI=1S/C15H11N3O7S/c19-13-10-5-2-6-11(12(10)17-14(20)18(13)23)26(24,25)9-4-1-3-8(7-9)16-15(21)22/h1-7,16,23H,(H,17,20)(H,21,22). The van der Waals surface area contributed by atoms with Crippen molar-refractivity contribution in [3.8, 4) is 0 Å². The predicted octanol–water partition coefficient (Wildman–Crippen LogP) is 0.850. The van der Waals surface area contributed by atoms with Gasteiger partial charge in [-0.2, -0.15) is 0 Å². The van der Waals surface area contributed by atoms with Gasteiger partial charge in [0.25, 0.3) is 5.56 Å². The summed E-state index contributed by atoms with van der Waals surface area (Å²) in [5.41, 5.74) is -2.48. The summed E-state index contributed by atoms with van der Waals surface area (Å²) < 4.78 is 25.7.